The van der Waals surface area contributed by atoms with Crippen molar-refractivity contribution >= 4 is 11.3 Å². The highest BCUT2D eigenvalue weighted by atomic mass is 32.1. The third kappa shape index (κ3) is 2.91. The minimum Gasteiger partial charge on any atom is -0.334 e. The van der Waals surface area contributed by atoms with Crippen LogP contribution in [-0.4, -0.2) is 31.7 Å². The topological polar surface area (TPSA) is 95.7 Å². The van der Waals surface area contributed by atoms with Gasteiger partial charge in [0.25, 0.3) is 5.89 Å². The average molecular weight is 290 g/mol. The molecule has 0 saturated carbocycles. The van der Waals surface area contributed by atoms with Crippen LogP contribution in [-0.2, 0) is 13.0 Å². The first-order valence-electron chi connectivity index (χ1n) is 6.29. The summed E-state index contributed by atoms with van der Waals surface area (Å²) in [6, 6.07) is 1.95. The van der Waals surface area contributed by atoms with E-state index in [9.17, 15) is 0 Å². The average Bonchev–Trinajstić information content (AvgIpc) is 3.18. The predicted molar refractivity (Wildman–Crippen MR) is 74.1 cm³/mol. The second kappa shape index (κ2) is 5.93. The molecule has 0 amide bonds. The number of nitrogens with two attached hydrogens (primary N) is 1. The van der Waals surface area contributed by atoms with Gasteiger partial charge in [-0.15, -0.1) is 5.10 Å². The quantitative estimate of drug-likeness (QED) is 0.735. The Morgan fingerprint density at radius 1 is 1.40 bits per heavy atom. The molecule has 2 N–H and O–H groups in total. The van der Waals surface area contributed by atoms with Crippen molar-refractivity contribution in [3.8, 4) is 11.5 Å². The van der Waals surface area contributed by atoms with E-state index in [-0.39, 0.29) is 0 Å². The SMILES string of the molecule is NCCCc1cn(Cc2noc(-c3ccsc3)n2)nn1. The van der Waals surface area contributed by atoms with Gasteiger partial charge in [-0.2, -0.15) is 16.3 Å². The lowest BCUT2D eigenvalue weighted by molar-refractivity contribution is 0.418. The third-order valence-corrected chi connectivity index (χ3v) is 3.45. The molecule has 0 aromatic carbocycles. The van der Waals surface area contributed by atoms with Crippen molar-refractivity contribution in [3.63, 3.8) is 0 Å². The number of hydrogen-bond acceptors (Lipinski definition) is 7. The molecular formula is C12H14N6OS. The van der Waals surface area contributed by atoms with E-state index in [0.717, 1.165) is 24.1 Å². The summed E-state index contributed by atoms with van der Waals surface area (Å²) in [5, 5.41) is 16.0. The van der Waals surface area contributed by atoms with Crippen molar-refractivity contribution in [2.24, 2.45) is 5.73 Å². The largest absolute Gasteiger partial charge is 0.334 e. The first-order chi connectivity index (χ1) is 9.85. The van der Waals surface area contributed by atoms with E-state index in [1.165, 1.54) is 0 Å². The second-order valence-electron chi connectivity index (χ2n) is 4.33. The minimum absolute atomic E-state index is 0.448. The molecule has 3 heterocycles. The Morgan fingerprint density at radius 2 is 2.35 bits per heavy atom. The maximum atomic E-state index is 5.47. The van der Waals surface area contributed by atoms with Gasteiger partial charge >= 0.3 is 0 Å². The summed E-state index contributed by atoms with van der Waals surface area (Å²) in [6.45, 7) is 1.10. The van der Waals surface area contributed by atoms with Gasteiger partial charge in [0.05, 0.1) is 11.3 Å². The predicted octanol–water partition coefficient (Wildman–Crippen LogP) is 1.33. The smallest absolute Gasteiger partial charge is 0.258 e. The molecule has 0 aliphatic heterocycles. The summed E-state index contributed by atoms with van der Waals surface area (Å²) in [4.78, 5) is 4.34. The molecule has 3 aromatic heterocycles. The Morgan fingerprint density at radius 3 is 3.15 bits per heavy atom. The summed E-state index contributed by atoms with van der Waals surface area (Å²) >= 11 is 1.59. The van der Waals surface area contributed by atoms with Crippen LogP contribution in [0.15, 0.2) is 27.5 Å². The van der Waals surface area contributed by atoms with E-state index in [1.54, 1.807) is 16.0 Å². The van der Waals surface area contributed by atoms with Crippen LogP contribution in [0.3, 0.4) is 0 Å². The van der Waals surface area contributed by atoms with Gasteiger partial charge in [-0.1, -0.05) is 10.4 Å². The first-order valence-corrected chi connectivity index (χ1v) is 7.23. The fourth-order valence-corrected chi connectivity index (χ4v) is 2.41. The second-order valence-corrected chi connectivity index (χ2v) is 5.11. The molecule has 20 heavy (non-hydrogen) atoms. The Balaban J connectivity index is 1.67. The summed E-state index contributed by atoms with van der Waals surface area (Å²) in [5.74, 6) is 1.12. The highest BCUT2D eigenvalue weighted by Gasteiger charge is 2.10. The summed E-state index contributed by atoms with van der Waals surface area (Å²) < 4.78 is 6.92. The summed E-state index contributed by atoms with van der Waals surface area (Å²) in [6.07, 6.45) is 3.63. The van der Waals surface area contributed by atoms with E-state index in [2.05, 4.69) is 20.5 Å². The van der Waals surface area contributed by atoms with E-state index in [0.29, 0.717) is 24.8 Å². The monoisotopic (exact) mass is 290 g/mol. The van der Waals surface area contributed by atoms with Crippen molar-refractivity contribution in [1.82, 2.24) is 25.1 Å². The minimum atomic E-state index is 0.448. The molecule has 0 unspecified atom stereocenters. The molecule has 0 atom stereocenters. The molecule has 0 saturated heterocycles. The van der Waals surface area contributed by atoms with Crippen LogP contribution in [0.4, 0.5) is 0 Å². The van der Waals surface area contributed by atoms with Gasteiger partial charge in [0.15, 0.2) is 5.82 Å². The van der Waals surface area contributed by atoms with Crippen LogP contribution in [0.1, 0.15) is 17.9 Å². The van der Waals surface area contributed by atoms with Crippen molar-refractivity contribution in [1.29, 1.82) is 0 Å². The van der Waals surface area contributed by atoms with Crippen molar-refractivity contribution < 1.29 is 4.52 Å². The molecule has 0 fully saturated rings. The van der Waals surface area contributed by atoms with Gasteiger partial charge in [0, 0.05) is 11.6 Å². The highest BCUT2D eigenvalue weighted by Crippen LogP contribution is 2.19. The fraction of sp³-hybridized carbons (Fsp3) is 0.333. The molecule has 0 radical (unpaired) electrons. The Bertz CT molecular complexity index is 659. The van der Waals surface area contributed by atoms with Gasteiger partial charge in [-0.25, -0.2) is 4.68 Å². The first kappa shape index (κ1) is 12.9. The van der Waals surface area contributed by atoms with Gasteiger partial charge < -0.3 is 10.3 Å². The maximum absolute atomic E-state index is 5.47. The molecule has 7 nitrogen and oxygen atoms in total. The van der Waals surface area contributed by atoms with Crippen LogP contribution in [0.2, 0.25) is 0 Å². The number of nitrogens with zero attached hydrogens (tertiary/aromatic N) is 5. The number of thiophene rings is 1. The van der Waals surface area contributed by atoms with Crippen LogP contribution in [0.5, 0.6) is 0 Å². The number of hydrogen-bond donors (Lipinski definition) is 1. The Hall–Kier alpha value is -2.06. The molecule has 0 bridgehead atoms. The lowest BCUT2D eigenvalue weighted by atomic mass is 10.2. The zero-order valence-corrected chi connectivity index (χ0v) is 11.6. The standard InChI is InChI=1S/C12H14N6OS/c13-4-1-2-10-6-18(17-15-10)7-11-14-12(19-16-11)9-3-5-20-8-9/h3,5-6,8H,1-2,4,7,13H2. The van der Waals surface area contributed by atoms with Gasteiger partial charge in [0.2, 0.25) is 0 Å². The van der Waals surface area contributed by atoms with Crippen LogP contribution >= 0.6 is 11.3 Å². The molecule has 0 aliphatic rings. The van der Waals surface area contributed by atoms with Crippen molar-refractivity contribution in [2.45, 2.75) is 19.4 Å². The lowest BCUT2D eigenvalue weighted by Gasteiger charge is -1.93. The van der Waals surface area contributed by atoms with Crippen LogP contribution < -0.4 is 5.73 Å². The zero-order valence-electron chi connectivity index (χ0n) is 10.8. The number of aryl methyl sites for hydroxylation is 1. The Kier molecular flexibility index (Phi) is 3.84. The van der Waals surface area contributed by atoms with E-state index in [4.69, 9.17) is 10.3 Å². The zero-order chi connectivity index (χ0) is 13.8. The van der Waals surface area contributed by atoms with Gasteiger partial charge in [-0.05, 0) is 30.8 Å². The van der Waals surface area contributed by atoms with E-state index >= 15 is 0 Å². The summed E-state index contributed by atoms with van der Waals surface area (Å²) in [5.41, 5.74) is 7.34. The Labute approximate surface area is 119 Å². The molecule has 3 aromatic rings. The molecule has 0 aliphatic carbocycles. The molecule has 104 valence electrons. The van der Waals surface area contributed by atoms with Gasteiger partial charge in [0.1, 0.15) is 6.54 Å². The van der Waals surface area contributed by atoms with E-state index < -0.39 is 0 Å². The van der Waals surface area contributed by atoms with Crippen LogP contribution in [0, 0.1) is 0 Å². The van der Waals surface area contributed by atoms with Crippen molar-refractivity contribution in [2.75, 3.05) is 6.54 Å². The number of rotatable bonds is 6. The molecular weight excluding hydrogens is 276 g/mol. The highest BCUT2D eigenvalue weighted by molar-refractivity contribution is 7.08. The lowest BCUT2D eigenvalue weighted by Crippen LogP contribution is -2.02. The fourth-order valence-electron chi connectivity index (χ4n) is 1.78. The third-order valence-electron chi connectivity index (χ3n) is 2.76. The molecule has 0 spiro atoms. The molecule has 8 heteroatoms. The maximum Gasteiger partial charge on any atom is 0.258 e. The summed E-state index contributed by atoms with van der Waals surface area (Å²) in [7, 11) is 0. The number of aromatic nitrogens is 5. The van der Waals surface area contributed by atoms with Crippen LogP contribution in [0.25, 0.3) is 11.5 Å². The molecule has 3 rings (SSSR count). The van der Waals surface area contributed by atoms with E-state index in [1.807, 2.05) is 23.0 Å². The van der Waals surface area contributed by atoms with Gasteiger partial charge in [-0.3, -0.25) is 0 Å². The normalized spacial score (nSPS) is 11.1. The van der Waals surface area contributed by atoms with Crippen molar-refractivity contribution in [3.05, 3.63) is 34.5 Å².